The molecule has 12 heavy (non-hydrogen) atoms. The molecule has 6 heteroatoms. The van der Waals surface area contributed by atoms with Crippen molar-refractivity contribution in [2.24, 2.45) is 0 Å². The van der Waals surface area contributed by atoms with Crippen molar-refractivity contribution in [3.63, 3.8) is 0 Å². The minimum absolute atomic E-state index is 0.0644. The van der Waals surface area contributed by atoms with Gasteiger partial charge in [0.2, 0.25) is 0 Å². The molecule has 0 saturated heterocycles. The van der Waals surface area contributed by atoms with Crippen molar-refractivity contribution in [3.05, 3.63) is 0 Å². The van der Waals surface area contributed by atoms with Crippen LogP contribution in [-0.2, 0) is 26.4 Å². The first-order valence-electron chi connectivity index (χ1n) is 3.20. The first-order chi connectivity index (χ1) is 5.49. The summed E-state index contributed by atoms with van der Waals surface area (Å²) in [6, 6.07) is 0. The average Bonchev–Trinajstić information content (AvgIpc) is 1.98. The standard InChI is InChI=1S/C6H12O3S3/c1-10-5(7)4-6(11(2)8)12(3)9/h6H,4H2,1-3H3. The summed E-state index contributed by atoms with van der Waals surface area (Å²) in [6.07, 6.45) is 4.74. The lowest BCUT2D eigenvalue weighted by atomic mass is 10.5. The molecule has 0 radical (unpaired) electrons. The summed E-state index contributed by atoms with van der Waals surface area (Å²) in [4.78, 5) is 10.9. The monoisotopic (exact) mass is 228 g/mol. The smallest absolute Gasteiger partial charge is 0.190 e. The van der Waals surface area contributed by atoms with E-state index in [0.717, 1.165) is 11.8 Å². The van der Waals surface area contributed by atoms with E-state index in [9.17, 15) is 13.2 Å². The predicted molar refractivity (Wildman–Crippen MR) is 55.1 cm³/mol. The molecule has 0 rings (SSSR count). The SMILES string of the molecule is CSC(=O)CC(S(C)=O)S(C)=O. The van der Waals surface area contributed by atoms with Gasteiger partial charge < -0.3 is 0 Å². The molecule has 72 valence electrons. The van der Waals surface area contributed by atoms with Crippen LogP contribution in [0.15, 0.2) is 0 Å². The van der Waals surface area contributed by atoms with E-state index in [1.54, 1.807) is 6.26 Å². The molecule has 0 amide bonds. The molecule has 0 spiro atoms. The Labute approximate surface area is 81.6 Å². The van der Waals surface area contributed by atoms with Crippen molar-refractivity contribution in [2.75, 3.05) is 18.8 Å². The van der Waals surface area contributed by atoms with Crippen LogP contribution in [0.4, 0.5) is 0 Å². The van der Waals surface area contributed by atoms with Gasteiger partial charge in [-0.25, -0.2) is 0 Å². The Kier molecular flexibility index (Phi) is 6.04. The third-order valence-electron chi connectivity index (χ3n) is 1.30. The second-order valence-corrected chi connectivity index (χ2v) is 6.50. The molecule has 0 aliphatic heterocycles. The van der Waals surface area contributed by atoms with E-state index in [-0.39, 0.29) is 11.5 Å². The van der Waals surface area contributed by atoms with Crippen molar-refractivity contribution >= 4 is 38.5 Å². The molecule has 0 aliphatic rings. The van der Waals surface area contributed by atoms with Gasteiger partial charge in [0, 0.05) is 40.5 Å². The number of hydrogen-bond acceptors (Lipinski definition) is 4. The average molecular weight is 228 g/mol. The normalized spacial score (nSPS) is 18.2. The Morgan fingerprint density at radius 3 is 2.00 bits per heavy atom. The van der Waals surface area contributed by atoms with Gasteiger partial charge in [0.15, 0.2) is 5.12 Å². The van der Waals surface area contributed by atoms with Crippen LogP contribution in [0, 0.1) is 0 Å². The summed E-state index contributed by atoms with van der Waals surface area (Å²) in [5, 5.41) is -0.0644. The summed E-state index contributed by atoms with van der Waals surface area (Å²) in [7, 11) is -2.38. The van der Waals surface area contributed by atoms with Gasteiger partial charge in [-0.05, 0) is 6.26 Å². The van der Waals surface area contributed by atoms with Gasteiger partial charge >= 0.3 is 0 Å². The lowest BCUT2D eigenvalue weighted by Crippen LogP contribution is -2.22. The van der Waals surface area contributed by atoms with E-state index in [4.69, 9.17) is 0 Å². The summed E-state index contributed by atoms with van der Waals surface area (Å²) < 4.78 is 21.5. The van der Waals surface area contributed by atoms with E-state index in [0.29, 0.717) is 0 Å². The molecule has 0 bridgehead atoms. The van der Waals surface area contributed by atoms with Crippen molar-refractivity contribution < 1.29 is 13.2 Å². The zero-order valence-corrected chi connectivity index (χ0v) is 9.68. The number of rotatable bonds is 4. The number of thioether (sulfide) groups is 1. The van der Waals surface area contributed by atoms with Gasteiger partial charge in [-0.2, -0.15) is 0 Å². The Morgan fingerprint density at radius 2 is 1.75 bits per heavy atom. The molecule has 0 aliphatic carbocycles. The van der Waals surface area contributed by atoms with Crippen molar-refractivity contribution in [1.82, 2.24) is 0 Å². The number of carbonyl (C=O) groups is 1. The van der Waals surface area contributed by atoms with Crippen LogP contribution in [0.1, 0.15) is 6.42 Å². The molecular formula is C6H12O3S3. The van der Waals surface area contributed by atoms with Crippen LogP contribution >= 0.6 is 11.8 Å². The van der Waals surface area contributed by atoms with Gasteiger partial charge in [-0.3, -0.25) is 13.2 Å². The quantitative estimate of drug-likeness (QED) is 0.696. The van der Waals surface area contributed by atoms with E-state index < -0.39 is 26.2 Å². The van der Waals surface area contributed by atoms with Crippen LogP contribution in [0.5, 0.6) is 0 Å². The van der Waals surface area contributed by atoms with Crippen molar-refractivity contribution in [2.45, 2.75) is 11.0 Å². The molecule has 0 aromatic carbocycles. The zero-order chi connectivity index (χ0) is 9.72. The summed E-state index contributed by atoms with van der Waals surface area (Å²) in [6.45, 7) is 0. The van der Waals surface area contributed by atoms with Gasteiger partial charge in [0.05, 0.1) is 0 Å². The number of carbonyl (C=O) groups excluding carboxylic acids is 1. The van der Waals surface area contributed by atoms with E-state index in [1.165, 1.54) is 12.5 Å². The minimum atomic E-state index is -1.19. The van der Waals surface area contributed by atoms with Crippen LogP contribution in [0.25, 0.3) is 0 Å². The summed E-state index contributed by atoms with van der Waals surface area (Å²) >= 11 is 1.08. The molecule has 0 aromatic heterocycles. The highest BCUT2D eigenvalue weighted by atomic mass is 32.2. The number of hydrogen-bond donors (Lipinski definition) is 0. The molecule has 3 nitrogen and oxygen atoms in total. The van der Waals surface area contributed by atoms with Gasteiger partial charge in [0.1, 0.15) is 4.58 Å². The van der Waals surface area contributed by atoms with Crippen molar-refractivity contribution in [1.29, 1.82) is 0 Å². The fourth-order valence-electron chi connectivity index (χ4n) is 0.645. The van der Waals surface area contributed by atoms with Crippen LogP contribution in [0.3, 0.4) is 0 Å². The fourth-order valence-corrected chi connectivity index (χ4v) is 3.49. The molecule has 0 heterocycles. The van der Waals surface area contributed by atoms with Crippen LogP contribution in [-0.4, -0.2) is 36.9 Å². The Morgan fingerprint density at radius 1 is 1.33 bits per heavy atom. The Bertz CT molecular complexity index is 200. The van der Waals surface area contributed by atoms with Gasteiger partial charge in [-0.15, -0.1) is 0 Å². The van der Waals surface area contributed by atoms with Gasteiger partial charge in [0.25, 0.3) is 0 Å². The second kappa shape index (κ2) is 5.88. The lowest BCUT2D eigenvalue weighted by Gasteiger charge is -2.08. The fraction of sp³-hybridized carbons (Fsp3) is 0.833. The van der Waals surface area contributed by atoms with E-state index in [1.807, 2.05) is 0 Å². The highest BCUT2D eigenvalue weighted by Gasteiger charge is 2.20. The first kappa shape index (κ1) is 12.3. The third kappa shape index (κ3) is 4.37. The lowest BCUT2D eigenvalue weighted by molar-refractivity contribution is -0.110. The van der Waals surface area contributed by atoms with E-state index in [2.05, 4.69) is 0 Å². The molecule has 0 aromatic rings. The summed E-state index contributed by atoms with van der Waals surface area (Å²) in [5.41, 5.74) is 0. The maximum Gasteiger partial charge on any atom is 0.190 e. The molecule has 0 N–H and O–H groups in total. The molecule has 2 atom stereocenters. The maximum atomic E-state index is 11.0. The molecule has 0 saturated carbocycles. The first-order valence-corrected chi connectivity index (χ1v) is 7.67. The zero-order valence-electron chi connectivity index (χ0n) is 7.23. The highest BCUT2D eigenvalue weighted by molar-refractivity contribution is 8.13. The largest absolute Gasteiger partial charge is 0.287 e. The molecule has 2 unspecified atom stereocenters. The maximum absolute atomic E-state index is 11.0. The third-order valence-corrected chi connectivity index (χ3v) is 5.36. The Balaban J connectivity index is 4.24. The highest BCUT2D eigenvalue weighted by Crippen LogP contribution is 2.10. The Hall–Kier alpha value is 0.320. The topological polar surface area (TPSA) is 51.2 Å². The molecule has 0 fully saturated rings. The van der Waals surface area contributed by atoms with Gasteiger partial charge in [-0.1, -0.05) is 11.8 Å². The van der Waals surface area contributed by atoms with Crippen molar-refractivity contribution in [3.8, 4) is 0 Å². The second-order valence-electron chi connectivity index (χ2n) is 2.21. The van der Waals surface area contributed by atoms with E-state index >= 15 is 0 Å². The predicted octanol–water partition coefficient (Wildman–Crippen LogP) is 0.349. The van der Waals surface area contributed by atoms with Crippen LogP contribution < -0.4 is 0 Å². The van der Waals surface area contributed by atoms with Crippen LogP contribution in [0.2, 0.25) is 0 Å². The summed E-state index contributed by atoms with van der Waals surface area (Å²) in [5.74, 6) is 0. The molecular weight excluding hydrogens is 216 g/mol. The minimum Gasteiger partial charge on any atom is -0.287 e.